The Morgan fingerprint density at radius 2 is 2.12 bits per heavy atom. The monoisotopic (exact) mass is 348 g/mol. The molecule has 132 valence electrons. The van der Waals surface area contributed by atoms with E-state index in [0.29, 0.717) is 30.0 Å². The van der Waals surface area contributed by atoms with Crippen LogP contribution in [0, 0.1) is 18.6 Å². The Kier molecular flexibility index (Phi) is 4.57. The van der Waals surface area contributed by atoms with Gasteiger partial charge in [-0.25, -0.2) is 13.6 Å². The van der Waals surface area contributed by atoms with Crippen molar-refractivity contribution in [3.8, 4) is 0 Å². The molecular formula is C18H18F2N2O3. The van der Waals surface area contributed by atoms with Crippen LogP contribution in [0.5, 0.6) is 0 Å². The SMILES string of the molecule is CCOC(=O)c1c(C)[nH]c2c(c1=O)CCN2Cc1cccc(F)c1F. The molecule has 1 aromatic heterocycles. The van der Waals surface area contributed by atoms with Gasteiger partial charge in [0.15, 0.2) is 11.6 Å². The van der Waals surface area contributed by atoms with Gasteiger partial charge in [0.2, 0.25) is 5.43 Å². The standard InChI is InChI=1S/C18H18F2N2O3/c1-3-25-18(24)14-10(2)21-17-12(16(14)23)7-8-22(17)9-11-5-4-6-13(19)15(11)20/h4-6H,3,7-9H2,1-2H3,(H,21,23). The molecule has 0 amide bonds. The number of rotatable bonds is 4. The number of benzene rings is 1. The first-order valence-electron chi connectivity index (χ1n) is 8.04. The van der Waals surface area contributed by atoms with Gasteiger partial charge in [0.1, 0.15) is 11.4 Å². The lowest BCUT2D eigenvalue weighted by Gasteiger charge is -2.20. The van der Waals surface area contributed by atoms with Crippen molar-refractivity contribution in [1.29, 1.82) is 0 Å². The number of H-pyrrole nitrogens is 1. The second-order valence-corrected chi connectivity index (χ2v) is 5.89. The number of hydrogen-bond donors (Lipinski definition) is 1. The van der Waals surface area contributed by atoms with Gasteiger partial charge in [-0.2, -0.15) is 0 Å². The summed E-state index contributed by atoms with van der Waals surface area (Å²) in [4.78, 5) is 29.5. The first-order valence-corrected chi connectivity index (χ1v) is 8.04. The smallest absolute Gasteiger partial charge is 0.343 e. The molecule has 5 nitrogen and oxygen atoms in total. The van der Waals surface area contributed by atoms with Gasteiger partial charge in [0, 0.05) is 29.9 Å². The van der Waals surface area contributed by atoms with Crippen molar-refractivity contribution in [2.75, 3.05) is 18.1 Å². The maximum absolute atomic E-state index is 13.9. The van der Waals surface area contributed by atoms with Crippen LogP contribution < -0.4 is 10.3 Å². The average Bonchev–Trinajstić information content (AvgIpc) is 2.95. The quantitative estimate of drug-likeness (QED) is 0.863. The van der Waals surface area contributed by atoms with E-state index in [1.54, 1.807) is 18.7 Å². The van der Waals surface area contributed by atoms with Gasteiger partial charge < -0.3 is 14.6 Å². The van der Waals surface area contributed by atoms with E-state index in [-0.39, 0.29) is 29.7 Å². The number of esters is 1. The highest BCUT2D eigenvalue weighted by Gasteiger charge is 2.28. The summed E-state index contributed by atoms with van der Waals surface area (Å²) >= 11 is 0. The first-order chi connectivity index (χ1) is 11.9. The molecule has 1 aromatic carbocycles. The first kappa shape index (κ1) is 17.1. The van der Waals surface area contributed by atoms with Crippen molar-refractivity contribution in [3.05, 3.63) is 62.4 Å². The van der Waals surface area contributed by atoms with Crippen LogP contribution in [0.3, 0.4) is 0 Å². The minimum Gasteiger partial charge on any atom is -0.462 e. The summed E-state index contributed by atoms with van der Waals surface area (Å²) in [6.07, 6.45) is 0.425. The van der Waals surface area contributed by atoms with Crippen LogP contribution in [0.2, 0.25) is 0 Å². The van der Waals surface area contributed by atoms with E-state index in [2.05, 4.69) is 4.98 Å². The average molecular weight is 348 g/mol. The number of pyridine rings is 1. The Labute approximate surface area is 143 Å². The number of hydrogen-bond acceptors (Lipinski definition) is 4. The van der Waals surface area contributed by atoms with E-state index in [1.165, 1.54) is 12.1 Å². The summed E-state index contributed by atoms with van der Waals surface area (Å²) in [6, 6.07) is 4.02. The fourth-order valence-corrected chi connectivity index (χ4v) is 3.09. The van der Waals surface area contributed by atoms with Crippen molar-refractivity contribution in [1.82, 2.24) is 4.98 Å². The molecule has 7 heteroatoms. The molecule has 1 N–H and O–H groups in total. The molecule has 0 saturated carbocycles. The zero-order chi connectivity index (χ0) is 18.1. The Morgan fingerprint density at radius 1 is 1.36 bits per heavy atom. The highest BCUT2D eigenvalue weighted by molar-refractivity contribution is 5.91. The van der Waals surface area contributed by atoms with Crippen molar-refractivity contribution in [2.45, 2.75) is 26.8 Å². The molecule has 2 heterocycles. The second kappa shape index (κ2) is 6.66. The van der Waals surface area contributed by atoms with Gasteiger partial charge in [-0.05, 0) is 26.3 Å². The third-order valence-electron chi connectivity index (χ3n) is 4.29. The normalized spacial score (nSPS) is 13.0. The van der Waals surface area contributed by atoms with Gasteiger partial charge in [0.25, 0.3) is 0 Å². The van der Waals surface area contributed by atoms with Crippen LogP contribution in [0.25, 0.3) is 0 Å². The lowest BCUT2D eigenvalue weighted by atomic mass is 10.1. The van der Waals surface area contributed by atoms with Crippen LogP contribution in [0.15, 0.2) is 23.0 Å². The molecule has 1 aliphatic heterocycles. The lowest BCUT2D eigenvalue weighted by molar-refractivity contribution is 0.0523. The molecule has 0 unspecified atom stereocenters. The number of ether oxygens (including phenoxy) is 1. The van der Waals surface area contributed by atoms with E-state index >= 15 is 0 Å². The van der Waals surface area contributed by atoms with Gasteiger partial charge in [0.05, 0.1) is 6.61 Å². The van der Waals surface area contributed by atoms with E-state index < -0.39 is 17.6 Å². The molecule has 0 bridgehead atoms. The Morgan fingerprint density at radius 3 is 2.84 bits per heavy atom. The minimum absolute atomic E-state index is 0.000568. The van der Waals surface area contributed by atoms with Gasteiger partial charge in [-0.3, -0.25) is 4.79 Å². The van der Waals surface area contributed by atoms with Crippen LogP contribution in [0.4, 0.5) is 14.6 Å². The van der Waals surface area contributed by atoms with E-state index in [1.807, 2.05) is 0 Å². The number of carbonyl (C=O) groups is 1. The fourth-order valence-electron chi connectivity index (χ4n) is 3.09. The molecule has 0 saturated heterocycles. The van der Waals surface area contributed by atoms with Crippen LogP contribution in [0.1, 0.15) is 34.1 Å². The summed E-state index contributed by atoms with van der Waals surface area (Å²) in [7, 11) is 0. The van der Waals surface area contributed by atoms with E-state index in [4.69, 9.17) is 4.74 Å². The van der Waals surface area contributed by atoms with Crippen molar-refractivity contribution in [2.24, 2.45) is 0 Å². The van der Waals surface area contributed by atoms with Gasteiger partial charge in [-0.15, -0.1) is 0 Å². The molecule has 0 spiro atoms. The number of anilines is 1. The molecule has 0 aliphatic carbocycles. The fraction of sp³-hybridized carbons (Fsp3) is 0.333. The van der Waals surface area contributed by atoms with Crippen molar-refractivity contribution >= 4 is 11.8 Å². The summed E-state index contributed by atoms with van der Waals surface area (Å²) in [5.41, 5.74) is 0.700. The summed E-state index contributed by atoms with van der Waals surface area (Å²) in [6.45, 7) is 4.07. The summed E-state index contributed by atoms with van der Waals surface area (Å²) in [5, 5.41) is 0. The second-order valence-electron chi connectivity index (χ2n) is 5.89. The van der Waals surface area contributed by atoms with Crippen LogP contribution in [-0.4, -0.2) is 24.1 Å². The number of nitrogens with zero attached hydrogens (tertiary/aromatic N) is 1. The maximum Gasteiger partial charge on any atom is 0.343 e. The minimum atomic E-state index is -0.903. The number of fused-ring (bicyclic) bond motifs is 1. The number of halogens is 2. The number of aromatic amines is 1. The predicted molar refractivity (Wildman–Crippen MR) is 88.9 cm³/mol. The van der Waals surface area contributed by atoms with Crippen LogP contribution >= 0.6 is 0 Å². The summed E-state index contributed by atoms with van der Waals surface area (Å²) < 4.78 is 32.2. The molecule has 0 atom stereocenters. The van der Waals surface area contributed by atoms with Gasteiger partial charge >= 0.3 is 5.97 Å². The van der Waals surface area contributed by atoms with Crippen molar-refractivity contribution in [3.63, 3.8) is 0 Å². The lowest BCUT2D eigenvalue weighted by Crippen LogP contribution is -2.25. The van der Waals surface area contributed by atoms with Gasteiger partial charge in [-0.1, -0.05) is 12.1 Å². The summed E-state index contributed by atoms with van der Waals surface area (Å²) in [5.74, 6) is -1.91. The number of aromatic nitrogens is 1. The number of aryl methyl sites for hydroxylation is 1. The molecule has 0 radical (unpaired) electrons. The Hall–Kier alpha value is -2.70. The molecule has 3 rings (SSSR count). The third-order valence-corrected chi connectivity index (χ3v) is 4.29. The zero-order valence-corrected chi connectivity index (χ0v) is 14.0. The molecule has 25 heavy (non-hydrogen) atoms. The maximum atomic E-state index is 13.9. The predicted octanol–water partition coefficient (Wildman–Crippen LogP) is 2.70. The molecule has 2 aromatic rings. The molecule has 1 aliphatic rings. The Bertz CT molecular complexity index is 893. The third kappa shape index (κ3) is 3.01. The van der Waals surface area contributed by atoms with Crippen molar-refractivity contribution < 1.29 is 18.3 Å². The molecule has 0 fully saturated rings. The van der Waals surface area contributed by atoms with E-state index in [0.717, 1.165) is 6.07 Å². The van der Waals surface area contributed by atoms with Crippen LogP contribution in [-0.2, 0) is 17.7 Å². The topological polar surface area (TPSA) is 62.4 Å². The highest BCUT2D eigenvalue weighted by Crippen LogP contribution is 2.27. The zero-order valence-electron chi connectivity index (χ0n) is 14.0. The number of nitrogens with one attached hydrogen (secondary N) is 1. The highest BCUT2D eigenvalue weighted by atomic mass is 19.2. The largest absolute Gasteiger partial charge is 0.462 e. The Balaban J connectivity index is 1.97. The van der Waals surface area contributed by atoms with E-state index in [9.17, 15) is 18.4 Å². The number of carbonyl (C=O) groups excluding carboxylic acids is 1. The molecular weight excluding hydrogens is 330 g/mol.